The van der Waals surface area contributed by atoms with Gasteiger partial charge in [-0.15, -0.1) is 0 Å². The maximum atomic E-state index is 9.80. The Morgan fingerprint density at radius 1 is 1.03 bits per heavy atom. The molecular formula is C25H29N7O. The maximum Gasteiger partial charge on any atom is 0.159 e. The van der Waals surface area contributed by atoms with Gasteiger partial charge in [0.05, 0.1) is 42.0 Å². The van der Waals surface area contributed by atoms with Gasteiger partial charge in [0.25, 0.3) is 0 Å². The van der Waals surface area contributed by atoms with Crippen LogP contribution in [0.5, 0.6) is 0 Å². The quantitative estimate of drug-likeness (QED) is 0.613. The fourth-order valence-corrected chi connectivity index (χ4v) is 5.36. The highest BCUT2D eigenvalue weighted by Crippen LogP contribution is 2.43. The minimum Gasteiger partial charge on any atom is -0.377 e. The predicted octanol–water partition coefficient (Wildman–Crippen LogP) is 2.98. The van der Waals surface area contributed by atoms with Crippen LogP contribution in [0.2, 0.25) is 0 Å². The number of anilines is 1. The van der Waals surface area contributed by atoms with Gasteiger partial charge in [0.15, 0.2) is 5.82 Å². The summed E-state index contributed by atoms with van der Waals surface area (Å²) in [5.74, 6) is 2.45. The molecule has 6 rings (SSSR count). The number of aryl methyl sites for hydroxylation is 1. The minimum absolute atomic E-state index is 0.186. The third-order valence-corrected chi connectivity index (χ3v) is 7.77. The van der Waals surface area contributed by atoms with E-state index in [1.165, 1.54) is 0 Å². The number of nitriles is 1. The largest absolute Gasteiger partial charge is 0.377 e. The molecule has 0 radical (unpaired) electrons. The number of hydrogen-bond acceptors (Lipinski definition) is 7. The Hall–Kier alpha value is -3.02. The van der Waals surface area contributed by atoms with E-state index in [4.69, 9.17) is 14.7 Å². The molecular weight excluding hydrogens is 414 g/mol. The van der Waals surface area contributed by atoms with E-state index in [0.29, 0.717) is 0 Å². The smallest absolute Gasteiger partial charge is 0.159 e. The second-order valence-electron chi connectivity index (χ2n) is 9.97. The lowest BCUT2D eigenvalue weighted by Gasteiger charge is -2.50. The van der Waals surface area contributed by atoms with Crippen LogP contribution in [0.1, 0.15) is 37.6 Å². The van der Waals surface area contributed by atoms with Crippen molar-refractivity contribution in [3.63, 3.8) is 0 Å². The van der Waals surface area contributed by atoms with E-state index in [9.17, 15) is 5.26 Å². The van der Waals surface area contributed by atoms with Crippen molar-refractivity contribution in [3.8, 4) is 11.9 Å². The SMILES string of the molecule is Cc1nc(N2CCN(C3(C)COC3)CC2)cc(-n2ncc3ccc(C4(C#N)CCC4)cc32)n1. The van der Waals surface area contributed by atoms with Crippen LogP contribution in [-0.4, -0.2) is 69.6 Å². The number of piperazine rings is 1. The van der Waals surface area contributed by atoms with Crippen LogP contribution in [-0.2, 0) is 10.2 Å². The first kappa shape index (κ1) is 20.6. The number of rotatable bonds is 4. The maximum absolute atomic E-state index is 9.80. The number of fused-ring (bicyclic) bond motifs is 1. The minimum atomic E-state index is -0.349. The lowest BCUT2D eigenvalue weighted by Crippen LogP contribution is -2.64. The summed E-state index contributed by atoms with van der Waals surface area (Å²) in [6, 6.07) is 10.9. The van der Waals surface area contributed by atoms with Gasteiger partial charge in [-0.3, -0.25) is 4.90 Å². The molecule has 3 aliphatic rings. The number of hydrogen-bond donors (Lipinski definition) is 0. The summed E-state index contributed by atoms with van der Waals surface area (Å²) in [5, 5.41) is 15.5. The molecule has 4 heterocycles. The number of ether oxygens (including phenoxy) is 1. The Kier molecular flexibility index (Phi) is 4.68. The van der Waals surface area contributed by atoms with E-state index in [1.54, 1.807) is 0 Å². The van der Waals surface area contributed by atoms with E-state index in [-0.39, 0.29) is 11.0 Å². The third-order valence-electron chi connectivity index (χ3n) is 7.77. The fourth-order valence-electron chi connectivity index (χ4n) is 5.36. The molecule has 3 aromatic rings. The van der Waals surface area contributed by atoms with Crippen LogP contribution in [0.15, 0.2) is 30.5 Å². The van der Waals surface area contributed by atoms with Gasteiger partial charge in [0.2, 0.25) is 0 Å². The first-order valence-electron chi connectivity index (χ1n) is 11.8. The molecule has 2 saturated heterocycles. The van der Waals surface area contributed by atoms with Crippen LogP contribution < -0.4 is 4.90 Å². The normalized spacial score (nSPS) is 21.9. The molecule has 1 saturated carbocycles. The Labute approximate surface area is 193 Å². The summed E-state index contributed by atoms with van der Waals surface area (Å²) in [6.07, 6.45) is 4.84. The molecule has 2 aliphatic heterocycles. The highest BCUT2D eigenvalue weighted by molar-refractivity contribution is 5.81. The van der Waals surface area contributed by atoms with Crippen LogP contribution >= 0.6 is 0 Å². The molecule has 170 valence electrons. The van der Waals surface area contributed by atoms with Crippen LogP contribution in [0.25, 0.3) is 16.7 Å². The van der Waals surface area contributed by atoms with Gasteiger partial charge in [0.1, 0.15) is 11.6 Å². The summed E-state index contributed by atoms with van der Waals surface area (Å²) in [4.78, 5) is 14.3. The van der Waals surface area contributed by atoms with E-state index in [2.05, 4.69) is 46.1 Å². The van der Waals surface area contributed by atoms with E-state index in [0.717, 1.165) is 92.6 Å². The second-order valence-corrected chi connectivity index (χ2v) is 9.97. The Bertz CT molecular complexity index is 1240. The van der Waals surface area contributed by atoms with E-state index >= 15 is 0 Å². The van der Waals surface area contributed by atoms with Gasteiger partial charge in [-0.2, -0.15) is 10.4 Å². The Morgan fingerprint density at radius 3 is 2.42 bits per heavy atom. The van der Waals surface area contributed by atoms with Gasteiger partial charge < -0.3 is 9.64 Å². The highest BCUT2D eigenvalue weighted by Gasteiger charge is 2.41. The summed E-state index contributed by atoms with van der Waals surface area (Å²) < 4.78 is 7.35. The van der Waals surface area contributed by atoms with Crippen molar-refractivity contribution in [3.05, 3.63) is 41.9 Å². The summed E-state index contributed by atoms with van der Waals surface area (Å²) >= 11 is 0. The van der Waals surface area contributed by atoms with Crippen LogP contribution in [0.4, 0.5) is 5.82 Å². The first-order chi connectivity index (χ1) is 16.0. The van der Waals surface area contributed by atoms with Gasteiger partial charge in [-0.25, -0.2) is 14.6 Å². The van der Waals surface area contributed by atoms with E-state index in [1.807, 2.05) is 23.9 Å². The van der Waals surface area contributed by atoms with Gasteiger partial charge >= 0.3 is 0 Å². The molecule has 8 nitrogen and oxygen atoms in total. The van der Waals surface area contributed by atoms with Crippen molar-refractivity contribution < 1.29 is 4.74 Å². The van der Waals surface area contributed by atoms with Crippen molar-refractivity contribution in [1.29, 1.82) is 5.26 Å². The van der Waals surface area contributed by atoms with E-state index < -0.39 is 0 Å². The van der Waals surface area contributed by atoms with Crippen molar-refractivity contribution >= 4 is 16.7 Å². The molecule has 2 aromatic heterocycles. The van der Waals surface area contributed by atoms with Crippen molar-refractivity contribution in [2.24, 2.45) is 0 Å². The summed E-state index contributed by atoms with van der Waals surface area (Å²) in [6.45, 7) is 9.74. The van der Waals surface area contributed by atoms with Gasteiger partial charge in [0, 0.05) is 37.6 Å². The molecule has 0 unspecified atom stereocenters. The molecule has 0 spiro atoms. The monoisotopic (exact) mass is 443 g/mol. The average molecular weight is 444 g/mol. The topological polar surface area (TPSA) is 83.1 Å². The predicted molar refractivity (Wildman–Crippen MR) is 126 cm³/mol. The molecule has 0 amide bonds. The first-order valence-corrected chi connectivity index (χ1v) is 11.8. The molecule has 33 heavy (non-hydrogen) atoms. The molecule has 3 fully saturated rings. The fraction of sp³-hybridized carbons (Fsp3) is 0.520. The zero-order chi connectivity index (χ0) is 22.6. The number of nitrogens with zero attached hydrogens (tertiary/aromatic N) is 7. The Morgan fingerprint density at radius 2 is 1.79 bits per heavy atom. The standard InChI is InChI=1S/C25H29N7O/c1-18-28-22(30-8-10-31(11-9-30)24(2)16-33-17-24)13-23(29-18)32-21-12-20(5-4-19(21)14-27-32)25(15-26)6-3-7-25/h4-5,12-14H,3,6-11,16-17H2,1-2H3. The third kappa shape index (κ3) is 3.30. The summed E-state index contributed by atoms with van der Waals surface area (Å²) in [5.41, 5.74) is 1.91. The molecule has 8 heteroatoms. The van der Waals surface area contributed by atoms with Crippen LogP contribution in [0, 0.1) is 18.3 Å². The molecule has 0 N–H and O–H groups in total. The lowest BCUT2D eigenvalue weighted by atomic mass is 9.65. The van der Waals surface area contributed by atoms with Crippen LogP contribution in [0.3, 0.4) is 0 Å². The molecule has 1 aromatic carbocycles. The number of benzene rings is 1. The number of aromatic nitrogens is 4. The van der Waals surface area contributed by atoms with Crippen molar-refractivity contribution in [2.45, 2.75) is 44.1 Å². The summed E-state index contributed by atoms with van der Waals surface area (Å²) in [7, 11) is 0. The highest BCUT2D eigenvalue weighted by atomic mass is 16.5. The van der Waals surface area contributed by atoms with Crippen molar-refractivity contribution in [1.82, 2.24) is 24.6 Å². The zero-order valence-electron chi connectivity index (χ0n) is 19.3. The molecule has 0 bridgehead atoms. The average Bonchev–Trinajstić information content (AvgIpc) is 3.20. The Balaban J connectivity index is 1.31. The van der Waals surface area contributed by atoms with Crippen molar-refractivity contribution in [2.75, 3.05) is 44.3 Å². The van der Waals surface area contributed by atoms with Gasteiger partial charge in [-0.05, 0) is 44.7 Å². The molecule has 0 atom stereocenters. The second kappa shape index (κ2) is 7.51. The molecule has 1 aliphatic carbocycles. The zero-order valence-corrected chi connectivity index (χ0v) is 19.3. The van der Waals surface area contributed by atoms with Gasteiger partial charge in [-0.1, -0.05) is 12.1 Å². The lowest BCUT2D eigenvalue weighted by molar-refractivity contribution is -0.131.